The van der Waals surface area contributed by atoms with Gasteiger partial charge >= 0.3 is 6.18 Å². The molecule has 8 heteroatoms. The summed E-state index contributed by atoms with van der Waals surface area (Å²) in [6, 6.07) is 4.22. The van der Waals surface area contributed by atoms with E-state index in [1.807, 2.05) is 0 Å². The molecule has 0 heterocycles. The number of rotatable bonds is 4. The summed E-state index contributed by atoms with van der Waals surface area (Å²) >= 11 is 0. The van der Waals surface area contributed by atoms with Gasteiger partial charge in [0.1, 0.15) is 0 Å². The number of nitrogens with zero attached hydrogens (tertiary/aromatic N) is 1. The maximum Gasteiger partial charge on any atom is 0.416 e. The maximum atomic E-state index is 12.5. The topological polar surface area (TPSA) is 87.7 Å². The molecule has 0 aliphatic carbocycles. The van der Waals surface area contributed by atoms with Crippen LogP contribution in [0.4, 0.5) is 18.9 Å². The number of hydrogen-bond acceptors (Lipinski definition) is 3. The number of amidine groups is 1. The van der Waals surface area contributed by atoms with Crippen molar-refractivity contribution in [1.82, 2.24) is 0 Å². The van der Waals surface area contributed by atoms with Crippen molar-refractivity contribution in [2.75, 3.05) is 5.32 Å². The molecule has 0 bridgehead atoms. The summed E-state index contributed by atoms with van der Waals surface area (Å²) in [6.45, 7) is 1.63. The first-order valence-corrected chi connectivity index (χ1v) is 5.75. The van der Waals surface area contributed by atoms with E-state index in [1.54, 1.807) is 6.92 Å². The van der Waals surface area contributed by atoms with Crippen molar-refractivity contribution < 1.29 is 23.2 Å². The van der Waals surface area contributed by atoms with E-state index in [2.05, 4.69) is 10.5 Å². The monoisotopic (exact) mass is 289 g/mol. The van der Waals surface area contributed by atoms with Gasteiger partial charge in [-0.05, 0) is 24.6 Å². The Morgan fingerprint density at radius 3 is 2.65 bits per heavy atom. The molecular weight excluding hydrogens is 275 g/mol. The fraction of sp³-hybridized carbons (Fsp3) is 0.333. The molecule has 20 heavy (non-hydrogen) atoms. The second-order valence-electron chi connectivity index (χ2n) is 4.05. The molecule has 0 saturated heterocycles. The third-order valence-electron chi connectivity index (χ3n) is 2.65. The maximum absolute atomic E-state index is 12.5. The predicted octanol–water partition coefficient (Wildman–Crippen LogP) is 2.42. The van der Waals surface area contributed by atoms with Crippen molar-refractivity contribution in [2.45, 2.75) is 19.5 Å². The molecule has 0 fully saturated rings. The molecule has 5 nitrogen and oxygen atoms in total. The molecule has 110 valence electrons. The fourth-order valence-electron chi connectivity index (χ4n) is 1.60. The van der Waals surface area contributed by atoms with Crippen molar-refractivity contribution >= 4 is 17.4 Å². The van der Waals surface area contributed by atoms with Crippen LogP contribution >= 0.6 is 0 Å². The third kappa shape index (κ3) is 3.87. The van der Waals surface area contributed by atoms with Gasteiger partial charge in [-0.25, -0.2) is 0 Å². The van der Waals surface area contributed by atoms with Crippen LogP contribution in [0.3, 0.4) is 0 Å². The van der Waals surface area contributed by atoms with Crippen molar-refractivity contribution in [3.63, 3.8) is 0 Å². The number of anilines is 1. The molecule has 0 radical (unpaired) electrons. The van der Waals surface area contributed by atoms with Crippen LogP contribution in [0.2, 0.25) is 0 Å². The summed E-state index contributed by atoms with van der Waals surface area (Å²) in [6.07, 6.45) is -4.24. The normalized spacial score (nSPS) is 13.9. The second-order valence-corrected chi connectivity index (χ2v) is 4.05. The zero-order valence-electron chi connectivity index (χ0n) is 10.6. The fourth-order valence-corrected chi connectivity index (χ4v) is 1.60. The Kier molecular flexibility index (Phi) is 4.95. The van der Waals surface area contributed by atoms with E-state index in [0.29, 0.717) is 0 Å². The molecule has 0 spiro atoms. The van der Waals surface area contributed by atoms with E-state index in [9.17, 15) is 18.0 Å². The summed E-state index contributed by atoms with van der Waals surface area (Å²) in [4.78, 5) is 11.8. The second kappa shape index (κ2) is 6.27. The average molecular weight is 289 g/mol. The van der Waals surface area contributed by atoms with Crippen LogP contribution in [0, 0.1) is 5.92 Å². The molecular formula is C12H14F3N3O2. The number of nitrogens with one attached hydrogen (secondary N) is 1. The van der Waals surface area contributed by atoms with Crippen LogP contribution < -0.4 is 11.1 Å². The van der Waals surface area contributed by atoms with Crippen molar-refractivity contribution in [1.29, 1.82) is 0 Å². The van der Waals surface area contributed by atoms with E-state index >= 15 is 0 Å². The standard InChI is InChI=1S/C12H14F3N3O2/c1-2-9(10(16)18-20)11(19)17-8-5-3-4-7(6-8)12(13,14)15/h3-6,9,20H,2H2,1H3,(H2,16,18)(H,17,19). The van der Waals surface area contributed by atoms with Crippen molar-refractivity contribution in [2.24, 2.45) is 16.8 Å². The van der Waals surface area contributed by atoms with E-state index < -0.39 is 23.6 Å². The average Bonchev–Trinajstić information content (AvgIpc) is 2.38. The Morgan fingerprint density at radius 1 is 1.50 bits per heavy atom. The highest BCUT2D eigenvalue weighted by Crippen LogP contribution is 2.30. The Labute approximate surface area is 113 Å². The number of nitrogens with two attached hydrogens (primary N) is 1. The number of carbonyl (C=O) groups is 1. The van der Waals surface area contributed by atoms with Crippen molar-refractivity contribution in [3.05, 3.63) is 29.8 Å². The van der Waals surface area contributed by atoms with Gasteiger partial charge in [-0.3, -0.25) is 4.79 Å². The molecule has 4 N–H and O–H groups in total. The number of oxime groups is 1. The highest BCUT2D eigenvalue weighted by atomic mass is 19.4. The molecule has 0 aliphatic heterocycles. The van der Waals surface area contributed by atoms with Gasteiger partial charge in [0.25, 0.3) is 0 Å². The first-order chi connectivity index (χ1) is 9.29. The first-order valence-electron chi connectivity index (χ1n) is 5.75. The molecule has 0 aliphatic rings. The number of alkyl halides is 3. The van der Waals surface area contributed by atoms with Gasteiger partial charge in [-0.15, -0.1) is 0 Å². The van der Waals surface area contributed by atoms with Gasteiger partial charge in [-0.1, -0.05) is 18.1 Å². The minimum Gasteiger partial charge on any atom is -0.409 e. The van der Waals surface area contributed by atoms with Crippen LogP contribution in [0.5, 0.6) is 0 Å². The number of benzene rings is 1. The molecule has 1 unspecified atom stereocenters. The van der Waals surface area contributed by atoms with Crippen LogP contribution in [-0.2, 0) is 11.0 Å². The zero-order chi connectivity index (χ0) is 15.3. The Bertz CT molecular complexity index is 515. The molecule has 1 amide bonds. The van der Waals surface area contributed by atoms with Crippen LogP contribution in [0.25, 0.3) is 0 Å². The molecule has 1 atom stereocenters. The smallest absolute Gasteiger partial charge is 0.409 e. The minimum absolute atomic E-state index is 0.00554. The summed E-state index contributed by atoms with van der Waals surface area (Å²) in [5.74, 6) is -1.84. The zero-order valence-corrected chi connectivity index (χ0v) is 10.6. The van der Waals surface area contributed by atoms with Crippen LogP contribution in [0.1, 0.15) is 18.9 Å². The van der Waals surface area contributed by atoms with Gasteiger partial charge in [0.15, 0.2) is 5.84 Å². The predicted molar refractivity (Wildman–Crippen MR) is 67.3 cm³/mol. The van der Waals surface area contributed by atoms with Gasteiger partial charge in [0.2, 0.25) is 5.91 Å². The van der Waals surface area contributed by atoms with Crippen molar-refractivity contribution in [3.8, 4) is 0 Å². The highest BCUT2D eigenvalue weighted by molar-refractivity contribution is 6.07. The lowest BCUT2D eigenvalue weighted by atomic mass is 10.0. The summed E-state index contributed by atoms with van der Waals surface area (Å²) < 4.78 is 37.6. The number of hydrogen-bond donors (Lipinski definition) is 3. The Hall–Kier alpha value is -2.25. The minimum atomic E-state index is -4.49. The molecule has 1 rings (SSSR count). The van der Waals surface area contributed by atoms with E-state index in [1.165, 1.54) is 12.1 Å². The summed E-state index contributed by atoms with van der Waals surface area (Å²) in [5, 5.41) is 13.6. The number of amides is 1. The van der Waals surface area contributed by atoms with E-state index in [0.717, 1.165) is 12.1 Å². The van der Waals surface area contributed by atoms with Gasteiger partial charge in [-0.2, -0.15) is 13.2 Å². The highest BCUT2D eigenvalue weighted by Gasteiger charge is 2.30. The lowest BCUT2D eigenvalue weighted by Crippen LogP contribution is -2.34. The number of halogens is 3. The molecule has 0 saturated carbocycles. The lowest BCUT2D eigenvalue weighted by Gasteiger charge is -2.14. The Balaban J connectivity index is 2.91. The van der Waals surface area contributed by atoms with E-state index in [4.69, 9.17) is 10.9 Å². The quantitative estimate of drug-likeness (QED) is 0.344. The SMILES string of the molecule is CCC(C(=O)Nc1cccc(C(F)(F)F)c1)C(N)=NO. The van der Waals surface area contributed by atoms with Gasteiger partial charge in [0.05, 0.1) is 11.5 Å². The van der Waals surface area contributed by atoms with E-state index in [-0.39, 0.29) is 17.9 Å². The molecule has 0 aromatic heterocycles. The van der Waals surface area contributed by atoms with Gasteiger partial charge < -0.3 is 16.3 Å². The third-order valence-corrected chi connectivity index (χ3v) is 2.65. The molecule has 1 aromatic rings. The summed E-state index contributed by atoms with van der Waals surface area (Å²) in [5.41, 5.74) is 4.47. The number of carbonyl (C=O) groups excluding carboxylic acids is 1. The lowest BCUT2D eigenvalue weighted by molar-refractivity contribution is -0.137. The Morgan fingerprint density at radius 2 is 2.15 bits per heavy atom. The first kappa shape index (κ1) is 15.8. The largest absolute Gasteiger partial charge is 0.416 e. The summed E-state index contributed by atoms with van der Waals surface area (Å²) in [7, 11) is 0. The molecule has 1 aromatic carbocycles. The van der Waals surface area contributed by atoms with Crippen LogP contribution in [-0.4, -0.2) is 17.0 Å². The van der Waals surface area contributed by atoms with Gasteiger partial charge in [0, 0.05) is 5.69 Å². The van der Waals surface area contributed by atoms with Crippen LogP contribution in [0.15, 0.2) is 29.4 Å².